The SMILES string of the molecule is O=C(NCC[C@H]1Cc2ccccc2N[C@H]1c1ccccc1)[C@H]1CCCC[C@H]1NC(=O)N1CCCCC1. The number of nitrogens with zero attached hydrogens (tertiary/aromatic N) is 1. The first kappa shape index (κ1) is 24.7. The number of para-hydroxylation sites is 1. The van der Waals surface area contributed by atoms with E-state index in [4.69, 9.17) is 0 Å². The lowest BCUT2D eigenvalue weighted by molar-refractivity contribution is -0.126. The van der Waals surface area contributed by atoms with Gasteiger partial charge in [0.1, 0.15) is 0 Å². The molecule has 2 heterocycles. The molecule has 3 amide bonds. The van der Waals surface area contributed by atoms with Crippen LogP contribution in [0.1, 0.15) is 68.5 Å². The number of amides is 3. The van der Waals surface area contributed by atoms with Gasteiger partial charge < -0.3 is 20.9 Å². The van der Waals surface area contributed by atoms with E-state index in [1.807, 2.05) is 4.90 Å². The summed E-state index contributed by atoms with van der Waals surface area (Å²) in [6.45, 7) is 2.31. The van der Waals surface area contributed by atoms with Crippen LogP contribution < -0.4 is 16.0 Å². The van der Waals surface area contributed by atoms with Gasteiger partial charge in [0.25, 0.3) is 0 Å². The third kappa shape index (κ3) is 5.85. The summed E-state index contributed by atoms with van der Waals surface area (Å²) in [6, 6.07) is 19.3. The lowest BCUT2D eigenvalue weighted by atomic mass is 9.81. The number of benzene rings is 2. The Bertz CT molecular complexity index is 1020. The van der Waals surface area contributed by atoms with Gasteiger partial charge in [-0.25, -0.2) is 4.79 Å². The molecule has 192 valence electrons. The van der Waals surface area contributed by atoms with Crippen molar-refractivity contribution < 1.29 is 9.59 Å². The van der Waals surface area contributed by atoms with Crippen LogP contribution in [0.15, 0.2) is 54.6 Å². The molecule has 3 aliphatic rings. The summed E-state index contributed by atoms with van der Waals surface area (Å²) in [6.07, 6.45) is 9.11. The molecule has 2 aromatic carbocycles. The zero-order valence-electron chi connectivity index (χ0n) is 21.3. The standard InChI is InChI=1S/C30H40N4O2/c35-29(25-14-6-8-16-27(25)33-30(36)34-19-9-2-10-20-34)31-18-17-24-21-23-13-5-7-15-26(23)32-28(24)22-11-3-1-4-12-22/h1,3-5,7,11-13,15,24-25,27-28,32H,2,6,8-10,14,16-21H2,(H,31,35)(H,33,36)/t24-,25-,27+,28-/m0/s1. The number of fused-ring (bicyclic) bond motifs is 1. The smallest absolute Gasteiger partial charge is 0.317 e. The van der Waals surface area contributed by atoms with E-state index >= 15 is 0 Å². The molecule has 6 heteroatoms. The average molecular weight is 489 g/mol. The van der Waals surface area contributed by atoms with Crippen molar-refractivity contribution in [2.75, 3.05) is 25.0 Å². The molecule has 2 aliphatic heterocycles. The zero-order chi connectivity index (χ0) is 24.7. The number of carbonyl (C=O) groups excluding carboxylic acids is 2. The van der Waals surface area contributed by atoms with E-state index in [2.05, 4.69) is 70.5 Å². The maximum atomic E-state index is 13.3. The fourth-order valence-corrected chi connectivity index (χ4v) is 6.29. The predicted molar refractivity (Wildman–Crippen MR) is 144 cm³/mol. The molecule has 2 aromatic rings. The Labute approximate surface area is 215 Å². The van der Waals surface area contributed by atoms with Crippen molar-refractivity contribution in [3.63, 3.8) is 0 Å². The van der Waals surface area contributed by atoms with E-state index in [-0.39, 0.29) is 29.9 Å². The molecule has 0 aromatic heterocycles. The zero-order valence-corrected chi connectivity index (χ0v) is 21.3. The molecule has 0 unspecified atom stereocenters. The average Bonchev–Trinajstić information content (AvgIpc) is 2.94. The Balaban J connectivity index is 1.19. The number of urea groups is 1. The molecule has 0 radical (unpaired) electrons. The molecular formula is C30H40N4O2. The molecule has 1 saturated heterocycles. The Morgan fingerprint density at radius 3 is 2.47 bits per heavy atom. The highest BCUT2D eigenvalue weighted by molar-refractivity contribution is 5.81. The van der Waals surface area contributed by atoms with Gasteiger partial charge in [-0.15, -0.1) is 0 Å². The van der Waals surface area contributed by atoms with E-state index in [0.29, 0.717) is 12.5 Å². The molecule has 2 fully saturated rings. The highest BCUT2D eigenvalue weighted by Gasteiger charge is 2.34. The summed E-state index contributed by atoms with van der Waals surface area (Å²) in [4.78, 5) is 28.0. The number of anilines is 1. The first-order valence-electron chi connectivity index (χ1n) is 13.9. The van der Waals surface area contributed by atoms with E-state index < -0.39 is 0 Å². The van der Waals surface area contributed by atoms with Crippen LogP contribution >= 0.6 is 0 Å². The Kier molecular flexibility index (Phi) is 8.09. The normalized spacial score (nSPS) is 25.8. The summed E-state index contributed by atoms with van der Waals surface area (Å²) >= 11 is 0. The number of rotatable bonds is 6. The highest BCUT2D eigenvalue weighted by Crippen LogP contribution is 2.38. The Hall–Kier alpha value is -3.02. The van der Waals surface area contributed by atoms with Gasteiger partial charge >= 0.3 is 6.03 Å². The van der Waals surface area contributed by atoms with Crippen LogP contribution in [0, 0.1) is 11.8 Å². The van der Waals surface area contributed by atoms with Crippen LogP contribution in [-0.4, -0.2) is 42.5 Å². The van der Waals surface area contributed by atoms with Gasteiger partial charge in [0.2, 0.25) is 5.91 Å². The van der Waals surface area contributed by atoms with Gasteiger partial charge in [-0.2, -0.15) is 0 Å². The minimum atomic E-state index is -0.136. The maximum absolute atomic E-state index is 13.3. The quantitative estimate of drug-likeness (QED) is 0.518. The lowest BCUT2D eigenvalue weighted by Gasteiger charge is -2.36. The fourth-order valence-electron chi connectivity index (χ4n) is 6.29. The van der Waals surface area contributed by atoms with Crippen LogP contribution in [0.4, 0.5) is 10.5 Å². The molecule has 1 saturated carbocycles. The summed E-state index contributed by atoms with van der Waals surface area (Å²) in [5, 5.41) is 10.2. The summed E-state index contributed by atoms with van der Waals surface area (Å²) in [5.74, 6) is 0.352. The summed E-state index contributed by atoms with van der Waals surface area (Å²) in [5.41, 5.74) is 3.84. The summed E-state index contributed by atoms with van der Waals surface area (Å²) in [7, 11) is 0. The summed E-state index contributed by atoms with van der Waals surface area (Å²) < 4.78 is 0. The van der Waals surface area contributed by atoms with Crippen molar-refractivity contribution in [2.24, 2.45) is 11.8 Å². The first-order valence-corrected chi connectivity index (χ1v) is 13.9. The van der Waals surface area contributed by atoms with E-state index in [0.717, 1.165) is 64.5 Å². The van der Waals surface area contributed by atoms with Gasteiger partial charge in [-0.3, -0.25) is 4.79 Å². The van der Waals surface area contributed by atoms with Gasteiger partial charge in [-0.1, -0.05) is 61.4 Å². The number of hydrogen-bond acceptors (Lipinski definition) is 3. The molecule has 1 aliphatic carbocycles. The highest BCUT2D eigenvalue weighted by atomic mass is 16.2. The first-order chi connectivity index (χ1) is 17.7. The number of likely N-dealkylation sites (tertiary alicyclic amines) is 1. The monoisotopic (exact) mass is 488 g/mol. The second kappa shape index (κ2) is 11.8. The Morgan fingerprint density at radius 1 is 0.889 bits per heavy atom. The number of carbonyl (C=O) groups is 2. The third-order valence-electron chi connectivity index (χ3n) is 8.31. The second-order valence-corrected chi connectivity index (χ2v) is 10.7. The van der Waals surface area contributed by atoms with Gasteiger partial charge in [0.15, 0.2) is 0 Å². The second-order valence-electron chi connectivity index (χ2n) is 10.7. The molecule has 6 nitrogen and oxygen atoms in total. The minimum absolute atomic E-state index is 0.0112. The van der Waals surface area contributed by atoms with Gasteiger partial charge in [0.05, 0.1) is 12.0 Å². The van der Waals surface area contributed by atoms with E-state index in [9.17, 15) is 9.59 Å². The lowest BCUT2D eigenvalue weighted by Crippen LogP contribution is -2.53. The van der Waals surface area contributed by atoms with Crippen molar-refractivity contribution >= 4 is 17.6 Å². The third-order valence-corrected chi connectivity index (χ3v) is 8.31. The van der Waals surface area contributed by atoms with Crippen LogP contribution in [0.5, 0.6) is 0 Å². The largest absolute Gasteiger partial charge is 0.378 e. The van der Waals surface area contributed by atoms with Crippen molar-refractivity contribution in [3.8, 4) is 0 Å². The number of piperidine rings is 1. The molecular weight excluding hydrogens is 448 g/mol. The predicted octanol–water partition coefficient (Wildman–Crippen LogP) is 5.27. The molecule has 0 bridgehead atoms. The van der Waals surface area contributed by atoms with Crippen molar-refractivity contribution in [1.29, 1.82) is 0 Å². The molecule has 5 rings (SSSR count). The van der Waals surface area contributed by atoms with Gasteiger partial charge in [-0.05, 0) is 68.1 Å². The van der Waals surface area contributed by atoms with Crippen molar-refractivity contribution in [1.82, 2.24) is 15.5 Å². The van der Waals surface area contributed by atoms with Crippen LogP contribution in [0.25, 0.3) is 0 Å². The van der Waals surface area contributed by atoms with Crippen molar-refractivity contribution in [3.05, 3.63) is 65.7 Å². The molecule has 3 N–H and O–H groups in total. The van der Waals surface area contributed by atoms with Crippen LogP contribution in [-0.2, 0) is 11.2 Å². The van der Waals surface area contributed by atoms with E-state index in [1.165, 1.54) is 23.2 Å². The number of hydrogen-bond donors (Lipinski definition) is 3. The van der Waals surface area contributed by atoms with Crippen LogP contribution in [0.2, 0.25) is 0 Å². The fraction of sp³-hybridized carbons (Fsp3) is 0.533. The molecule has 36 heavy (non-hydrogen) atoms. The van der Waals surface area contributed by atoms with E-state index in [1.54, 1.807) is 0 Å². The maximum Gasteiger partial charge on any atom is 0.317 e. The van der Waals surface area contributed by atoms with Crippen molar-refractivity contribution in [2.45, 2.75) is 69.9 Å². The van der Waals surface area contributed by atoms with Gasteiger partial charge in [0, 0.05) is 31.4 Å². The number of nitrogens with one attached hydrogen (secondary N) is 3. The molecule has 4 atom stereocenters. The molecule has 0 spiro atoms. The Morgan fingerprint density at radius 2 is 1.64 bits per heavy atom. The topological polar surface area (TPSA) is 73.5 Å². The minimum Gasteiger partial charge on any atom is -0.378 e. The van der Waals surface area contributed by atoms with Crippen LogP contribution in [0.3, 0.4) is 0 Å².